The molecule has 0 aliphatic carbocycles. The number of benzene rings is 2. The summed E-state index contributed by atoms with van der Waals surface area (Å²) in [6.45, 7) is 5.84. The van der Waals surface area contributed by atoms with Gasteiger partial charge in [-0.05, 0) is 74.4 Å². The number of H-pyrrole nitrogens is 1. The van der Waals surface area contributed by atoms with Gasteiger partial charge in [-0.1, -0.05) is 22.0 Å². The number of nitrogens with one attached hydrogen (secondary N) is 1. The Bertz CT molecular complexity index is 1320. The number of hydrogen-bond acceptors (Lipinski definition) is 2. The van der Waals surface area contributed by atoms with Gasteiger partial charge >= 0.3 is 0 Å². The minimum atomic E-state index is -0.315. The number of aromatic amines is 1. The van der Waals surface area contributed by atoms with Crippen LogP contribution in [0.3, 0.4) is 0 Å². The molecule has 144 valence electrons. The minimum Gasteiger partial charge on any atom is -0.337 e. The van der Waals surface area contributed by atoms with Gasteiger partial charge in [-0.3, -0.25) is 0 Å². The SMILES string of the molecule is Cc1ccc2nc(C(C#N)=Cc3cc(C)n(-c4ccc(Br)cc4F)c3C)[nH]c2c1. The van der Waals surface area contributed by atoms with Gasteiger partial charge in [-0.2, -0.15) is 5.26 Å². The first-order chi connectivity index (χ1) is 13.9. The van der Waals surface area contributed by atoms with Crippen molar-refractivity contribution in [2.24, 2.45) is 0 Å². The van der Waals surface area contributed by atoms with E-state index in [4.69, 9.17) is 0 Å². The van der Waals surface area contributed by atoms with Crippen LogP contribution in [-0.4, -0.2) is 14.5 Å². The number of nitriles is 1. The second kappa shape index (κ2) is 7.34. The minimum absolute atomic E-state index is 0.315. The van der Waals surface area contributed by atoms with Crippen LogP contribution in [0.5, 0.6) is 0 Å². The van der Waals surface area contributed by atoms with Crippen LogP contribution in [0.15, 0.2) is 46.9 Å². The molecule has 0 spiro atoms. The van der Waals surface area contributed by atoms with Gasteiger partial charge in [-0.15, -0.1) is 0 Å². The van der Waals surface area contributed by atoms with E-state index in [1.54, 1.807) is 12.1 Å². The fraction of sp³-hybridized carbons (Fsp3) is 0.130. The molecule has 0 saturated heterocycles. The molecule has 0 saturated carbocycles. The summed E-state index contributed by atoms with van der Waals surface area (Å²) in [6.07, 6.45) is 1.79. The highest BCUT2D eigenvalue weighted by molar-refractivity contribution is 9.10. The molecule has 1 N–H and O–H groups in total. The molecule has 4 aromatic rings. The van der Waals surface area contributed by atoms with Crippen LogP contribution >= 0.6 is 15.9 Å². The third-order valence-electron chi connectivity index (χ3n) is 4.93. The number of aromatic nitrogens is 3. The second-order valence-electron chi connectivity index (χ2n) is 7.03. The maximum absolute atomic E-state index is 14.5. The third-order valence-corrected chi connectivity index (χ3v) is 5.43. The number of nitrogens with zero attached hydrogens (tertiary/aromatic N) is 3. The van der Waals surface area contributed by atoms with Crippen LogP contribution in [0, 0.1) is 37.9 Å². The highest BCUT2D eigenvalue weighted by atomic mass is 79.9. The Balaban J connectivity index is 1.81. The zero-order valence-corrected chi connectivity index (χ0v) is 17.8. The summed E-state index contributed by atoms with van der Waals surface area (Å²) in [5.41, 5.74) is 6.30. The van der Waals surface area contributed by atoms with Crippen molar-refractivity contribution in [2.75, 3.05) is 0 Å². The van der Waals surface area contributed by atoms with Crippen molar-refractivity contribution in [1.82, 2.24) is 14.5 Å². The van der Waals surface area contributed by atoms with Crippen LogP contribution in [0.25, 0.3) is 28.4 Å². The predicted octanol–water partition coefficient (Wildman–Crippen LogP) is 6.24. The molecule has 0 bridgehead atoms. The number of halogens is 2. The first-order valence-corrected chi connectivity index (χ1v) is 9.89. The predicted molar refractivity (Wildman–Crippen MR) is 117 cm³/mol. The molecule has 29 heavy (non-hydrogen) atoms. The van der Waals surface area contributed by atoms with Crippen molar-refractivity contribution in [3.63, 3.8) is 0 Å². The standard InChI is InChI=1S/C23H18BrFN4/c1-13-4-6-20-21(8-13)28-23(27-20)17(12-26)10-16-9-14(2)29(15(16)3)22-7-5-18(24)11-19(22)25/h4-11H,1-3H3,(H,27,28). The number of fused-ring (bicyclic) bond motifs is 1. The van der Waals surface area contributed by atoms with E-state index in [1.165, 1.54) is 6.07 Å². The molecule has 2 aromatic heterocycles. The molecule has 0 aliphatic rings. The lowest BCUT2D eigenvalue weighted by Crippen LogP contribution is -2.02. The van der Waals surface area contributed by atoms with Crippen molar-refractivity contribution in [3.8, 4) is 11.8 Å². The molecule has 0 amide bonds. The Morgan fingerprint density at radius 2 is 1.97 bits per heavy atom. The molecule has 0 aliphatic heterocycles. The first kappa shape index (κ1) is 19.2. The van der Waals surface area contributed by atoms with E-state index in [0.29, 0.717) is 21.6 Å². The summed E-state index contributed by atoms with van der Waals surface area (Å²) in [5, 5.41) is 9.73. The first-order valence-electron chi connectivity index (χ1n) is 9.10. The van der Waals surface area contributed by atoms with E-state index in [9.17, 15) is 9.65 Å². The summed E-state index contributed by atoms with van der Waals surface area (Å²) < 4.78 is 17.1. The lowest BCUT2D eigenvalue weighted by molar-refractivity contribution is 0.615. The van der Waals surface area contributed by atoms with Crippen molar-refractivity contribution in [3.05, 3.63) is 81.1 Å². The van der Waals surface area contributed by atoms with Crippen LogP contribution in [0.2, 0.25) is 0 Å². The zero-order valence-electron chi connectivity index (χ0n) is 16.2. The maximum atomic E-state index is 14.5. The Morgan fingerprint density at radius 3 is 2.69 bits per heavy atom. The number of rotatable bonds is 3. The average Bonchev–Trinajstić information content (AvgIpc) is 3.20. The summed E-state index contributed by atoms with van der Waals surface area (Å²) >= 11 is 3.29. The Kier molecular flexibility index (Phi) is 4.85. The lowest BCUT2D eigenvalue weighted by Gasteiger charge is -2.11. The molecule has 4 rings (SSSR count). The summed E-state index contributed by atoms with van der Waals surface area (Å²) in [7, 11) is 0. The molecule has 2 aromatic carbocycles. The Morgan fingerprint density at radius 1 is 1.17 bits per heavy atom. The van der Waals surface area contributed by atoms with Gasteiger partial charge in [0.25, 0.3) is 0 Å². The van der Waals surface area contributed by atoms with Crippen LogP contribution in [-0.2, 0) is 0 Å². The Hall–Kier alpha value is -3.17. The molecule has 0 unspecified atom stereocenters. The normalized spacial score (nSPS) is 11.8. The average molecular weight is 449 g/mol. The molecule has 4 nitrogen and oxygen atoms in total. The van der Waals surface area contributed by atoms with Gasteiger partial charge < -0.3 is 9.55 Å². The summed E-state index contributed by atoms with van der Waals surface area (Å²) in [4.78, 5) is 7.77. The third kappa shape index (κ3) is 3.50. The van der Waals surface area contributed by atoms with Crippen molar-refractivity contribution >= 4 is 38.6 Å². The summed E-state index contributed by atoms with van der Waals surface area (Å²) in [6, 6.07) is 15.1. The molecule has 0 atom stereocenters. The lowest BCUT2D eigenvalue weighted by atomic mass is 10.1. The van der Waals surface area contributed by atoms with E-state index < -0.39 is 0 Å². The van der Waals surface area contributed by atoms with Gasteiger partial charge in [0.15, 0.2) is 0 Å². The molecular weight excluding hydrogens is 431 g/mol. The van der Waals surface area contributed by atoms with Gasteiger partial charge in [0, 0.05) is 15.9 Å². The molecule has 6 heteroatoms. The molecule has 0 fully saturated rings. The van der Waals surface area contributed by atoms with Crippen LogP contribution < -0.4 is 0 Å². The largest absolute Gasteiger partial charge is 0.337 e. The molecular formula is C23H18BrFN4. The number of aryl methyl sites for hydroxylation is 2. The number of allylic oxidation sites excluding steroid dienone is 1. The second-order valence-corrected chi connectivity index (χ2v) is 7.95. The number of imidazole rings is 1. The Labute approximate surface area is 176 Å². The molecule has 0 radical (unpaired) electrons. The fourth-order valence-electron chi connectivity index (χ4n) is 3.53. The number of hydrogen-bond donors (Lipinski definition) is 1. The summed E-state index contributed by atoms with van der Waals surface area (Å²) in [5.74, 6) is 0.206. The van der Waals surface area contributed by atoms with Crippen molar-refractivity contribution < 1.29 is 4.39 Å². The van der Waals surface area contributed by atoms with Gasteiger partial charge in [0.05, 0.1) is 22.3 Å². The van der Waals surface area contributed by atoms with E-state index in [2.05, 4.69) is 32.0 Å². The molecule has 2 heterocycles. The van der Waals surface area contributed by atoms with E-state index in [0.717, 1.165) is 33.5 Å². The highest BCUT2D eigenvalue weighted by Crippen LogP contribution is 2.28. The monoisotopic (exact) mass is 448 g/mol. The van der Waals surface area contributed by atoms with Crippen molar-refractivity contribution in [1.29, 1.82) is 5.26 Å². The van der Waals surface area contributed by atoms with Gasteiger partial charge in [0.1, 0.15) is 17.7 Å². The highest BCUT2D eigenvalue weighted by Gasteiger charge is 2.15. The topological polar surface area (TPSA) is 57.4 Å². The smallest absolute Gasteiger partial charge is 0.149 e. The van der Waals surface area contributed by atoms with E-state index in [1.807, 2.05) is 55.7 Å². The van der Waals surface area contributed by atoms with Crippen LogP contribution in [0.1, 0.15) is 28.3 Å². The van der Waals surface area contributed by atoms with Gasteiger partial charge in [-0.25, -0.2) is 9.37 Å². The zero-order chi connectivity index (χ0) is 20.7. The van der Waals surface area contributed by atoms with Gasteiger partial charge in [0.2, 0.25) is 0 Å². The van der Waals surface area contributed by atoms with E-state index >= 15 is 0 Å². The van der Waals surface area contributed by atoms with Crippen LogP contribution in [0.4, 0.5) is 4.39 Å². The van der Waals surface area contributed by atoms with Crippen molar-refractivity contribution in [2.45, 2.75) is 20.8 Å². The fourth-order valence-corrected chi connectivity index (χ4v) is 3.86. The maximum Gasteiger partial charge on any atom is 0.149 e. The quantitative estimate of drug-likeness (QED) is 0.376. The van der Waals surface area contributed by atoms with E-state index in [-0.39, 0.29) is 5.82 Å².